The molecule has 0 heterocycles. The van der Waals surface area contributed by atoms with Crippen molar-refractivity contribution in [1.29, 1.82) is 0 Å². The normalized spacial score (nSPS) is 12.4. The van der Waals surface area contributed by atoms with Crippen LogP contribution in [-0.4, -0.2) is 0 Å². The molecule has 0 bridgehead atoms. The predicted octanol–water partition coefficient (Wildman–Crippen LogP) is 3.84. The lowest BCUT2D eigenvalue weighted by Crippen LogP contribution is -1.78. The van der Waals surface area contributed by atoms with E-state index in [1.54, 1.807) is 0 Å². The average molecular weight is 230 g/mol. The number of hydrogen-bond donors (Lipinski definition) is 2. The van der Waals surface area contributed by atoms with Crippen LogP contribution in [0.15, 0.2) is 46.2 Å². The van der Waals surface area contributed by atoms with E-state index in [4.69, 9.17) is 0 Å². The monoisotopic (exact) mass is 230 g/mol. The Morgan fingerprint density at radius 2 is 1.20 bits per heavy atom. The van der Waals surface area contributed by atoms with Crippen LogP contribution in [0.2, 0.25) is 0 Å². The third kappa shape index (κ3) is 1.48. The molecule has 0 saturated carbocycles. The molecule has 0 radical (unpaired) electrons. The molecule has 15 heavy (non-hydrogen) atoms. The first-order chi connectivity index (χ1) is 7.24. The van der Waals surface area contributed by atoms with Crippen LogP contribution < -0.4 is 0 Å². The second-order valence-electron chi connectivity index (χ2n) is 3.86. The molecule has 0 amide bonds. The fourth-order valence-corrected chi connectivity index (χ4v) is 2.55. The Labute approximate surface area is 100 Å². The van der Waals surface area contributed by atoms with E-state index in [9.17, 15) is 0 Å². The van der Waals surface area contributed by atoms with Crippen molar-refractivity contribution >= 4 is 25.3 Å². The van der Waals surface area contributed by atoms with Gasteiger partial charge in [-0.15, -0.1) is 25.3 Å². The van der Waals surface area contributed by atoms with Gasteiger partial charge in [0.2, 0.25) is 0 Å². The lowest BCUT2D eigenvalue weighted by Gasteiger charge is -2.02. The minimum absolute atomic E-state index is 1.02. The molecule has 3 rings (SSSR count). The third-order valence-electron chi connectivity index (χ3n) is 2.86. The largest absolute Gasteiger partial charge is 0.143 e. The van der Waals surface area contributed by atoms with Crippen LogP contribution in [-0.2, 0) is 6.42 Å². The molecule has 1 aliphatic carbocycles. The molecule has 0 nitrogen and oxygen atoms in total. The molecule has 1 aliphatic rings. The zero-order valence-corrected chi connectivity index (χ0v) is 9.85. The van der Waals surface area contributed by atoms with Crippen LogP contribution in [0.1, 0.15) is 11.1 Å². The summed E-state index contributed by atoms with van der Waals surface area (Å²) >= 11 is 8.76. The Morgan fingerprint density at radius 3 is 1.67 bits per heavy atom. The van der Waals surface area contributed by atoms with E-state index in [0.29, 0.717) is 0 Å². The molecule has 0 saturated heterocycles. The van der Waals surface area contributed by atoms with E-state index in [0.717, 1.165) is 16.2 Å². The highest BCUT2D eigenvalue weighted by atomic mass is 32.1. The van der Waals surface area contributed by atoms with Gasteiger partial charge in [-0.2, -0.15) is 0 Å². The van der Waals surface area contributed by atoms with Gasteiger partial charge in [0, 0.05) is 9.79 Å². The van der Waals surface area contributed by atoms with Gasteiger partial charge in [0.05, 0.1) is 0 Å². The van der Waals surface area contributed by atoms with Crippen molar-refractivity contribution in [2.75, 3.05) is 0 Å². The molecule has 0 unspecified atom stereocenters. The fraction of sp³-hybridized carbons (Fsp3) is 0.0769. The lowest BCUT2D eigenvalue weighted by atomic mass is 10.1. The molecule has 2 aromatic rings. The molecule has 0 spiro atoms. The first kappa shape index (κ1) is 9.37. The topological polar surface area (TPSA) is 0 Å². The fourth-order valence-electron chi connectivity index (χ4n) is 2.14. The van der Waals surface area contributed by atoms with Gasteiger partial charge in [0.15, 0.2) is 0 Å². The van der Waals surface area contributed by atoms with E-state index >= 15 is 0 Å². The quantitative estimate of drug-likeness (QED) is 0.539. The van der Waals surface area contributed by atoms with Crippen LogP contribution in [0.5, 0.6) is 0 Å². The van der Waals surface area contributed by atoms with Gasteiger partial charge in [-0.25, -0.2) is 0 Å². The lowest BCUT2D eigenvalue weighted by molar-refractivity contribution is 1.24. The zero-order valence-electron chi connectivity index (χ0n) is 8.07. The Kier molecular flexibility index (Phi) is 2.08. The second-order valence-corrected chi connectivity index (χ2v) is 4.89. The second kappa shape index (κ2) is 3.32. The molecule has 0 atom stereocenters. The summed E-state index contributed by atoms with van der Waals surface area (Å²) in [6.07, 6.45) is 1.03. The van der Waals surface area contributed by atoms with Crippen LogP contribution in [0.3, 0.4) is 0 Å². The van der Waals surface area contributed by atoms with Crippen molar-refractivity contribution in [3.05, 3.63) is 47.5 Å². The van der Waals surface area contributed by atoms with Gasteiger partial charge >= 0.3 is 0 Å². The molecule has 0 aromatic heterocycles. The highest BCUT2D eigenvalue weighted by Crippen LogP contribution is 2.38. The Balaban J connectivity index is 2.28. The summed E-state index contributed by atoms with van der Waals surface area (Å²) in [5.74, 6) is 0. The van der Waals surface area contributed by atoms with E-state index in [1.165, 1.54) is 22.3 Å². The van der Waals surface area contributed by atoms with Gasteiger partial charge in [0.1, 0.15) is 0 Å². The van der Waals surface area contributed by atoms with Crippen molar-refractivity contribution in [3.8, 4) is 11.1 Å². The number of fused-ring (bicyclic) bond motifs is 3. The highest BCUT2D eigenvalue weighted by molar-refractivity contribution is 7.80. The zero-order chi connectivity index (χ0) is 10.4. The minimum atomic E-state index is 1.02. The molecule has 2 heteroatoms. The van der Waals surface area contributed by atoms with E-state index in [-0.39, 0.29) is 0 Å². The molecule has 2 aromatic carbocycles. The van der Waals surface area contributed by atoms with Crippen molar-refractivity contribution in [3.63, 3.8) is 0 Å². The Bertz CT molecular complexity index is 495. The van der Waals surface area contributed by atoms with Gasteiger partial charge in [0.25, 0.3) is 0 Å². The third-order valence-corrected chi connectivity index (χ3v) is 3.41. The molecule has 0 fully saturated rings. The van der Waals surface area contributed by atoms with E-state index in [1.807, 2.05) is 0 Å². The van der Waals surface area contributed by atoms with Crippen LogP contribution in [0.4, 0.5) is 0 Å². The molecule has 74 valence electrons. The van der Waals surface area contributed by atoms with Crippen molar-refractivity contribution in [2.45, 2.75) is 16.2 Å². The number of rotatable bonds is 0. The Hall–Kier alpha value is -0.860. The number of thiol groups is 2. The van der Waals surface area contributed by atoms with Crippen molar-refractivity contribution in [1.82, 2.24) is 0 Å². The summed E-state index contributed by atoms with van der Waals surface area (Å²) in [6.45, 7) is 0. The first-order valence-corrected chi connectivity index (χ1v) is 5.77. The smallest absolute Gasteiger partial charge is 0.00463 e. The molecular formula is C13H10S2. The van der Waals surface area contributed by atoms with E-state index in [2.05, 4.69) is 61.7 Å². The van der Waals surface area contributed by atoms with Crippen LogP contribution in [0.25, 0.3) is 11.1 Å². The van der Waals surface area contributed by atoms with Gasteiger partial charge in [-0.1, -0.05) is 12.1 Å². The van der Waals surface area contributed by atoms with Crippen LogP contribution >= 0.6 is 25.3 Å². The molecular weight excluding hydrogens is 220 g/mol. The standard InChI is InChI=1S/C13H10S2/c14-10-3-1-8-5-9-2-4-11(15)7-13(9)12(8)6-10/h1-4,6-7,14-15H,5H2. The Morgan fingerprint density at radius 1 is 0.733 bits per heavy atom. The average Bonchev–Trinajstić information content (AvgIpc) is 2.56. The summed E-state index contributed by atoms with van der Waals surface area (Å²) in [5, 5.41) is 0. The van der Waals surface area contributed by atoms with Crippen LogP contribution in [0, 0.1) is 0 Å². The van der Waals surface area contributed by atoms with Gasteiger partial charge in [-0.3, -0.25) is 0 Å². The van der Waals surface area contributed by atoms with E-state index < -0.39 is 0 Å². The van der Waals surface area contributed by atoms with Crippen molar-refractivity contribution < 1.29 is 0 Å². The number of hydrogen-bond acceptors (Lipinski definition) is 2. The summed E-state index contributed by atoms with van der Waals surface area (Å²) < 4.78 is 0. The van der Waals surface area contributed by atoms with Gasteiger partial charge < -0.3 is 0 Å². The maximum Gasteiger partial charge on any atom is 0.00463 e. The number of benzene rings is 2. The summed E-state index contributed by atoms with van der Waals surface area (Å²) in [5.41, 5.74) is 5.41. The van der Waals surface area contributed by atoms with Gasteiger partial charge in [-0.05, 0) is 52.9 Å². The summed E-state index contributed by atoms with van der Waals surface area (Å²) in [4.78, 5) is 2.04. The summed E-state index contributed by atoms with van der Waals surface area (Å²) in [7, 11) is 0. The molecule has 0 N–H and O–H groups in total. The molecule has 0 aliphatic heterocycles. The maximum atomic E-state index is 4.38. The minimum Gasteiger partial charge on any atom is -0.143 e. The van der Waals surface area contributed by atoms with Crippen molar-refractivity contribution in [2.24, 2.45) is 0 Å². The maximum absolute atomic E-state index is 4.38. The predicted molar refractivity (Wildman–Crippen MR) is 69.2 cm³/mol. The summed E-state index contributed by atoms with van der Waals surface area (Å²) in [6, 6.07) is 12.7. The SMILES string of the molecule is Sc1ccc2c(c1)-c1cc(S)ccc1C2. The highest BCUT2D eigenvalue weighted by Gasteiger charge is 2.17. The first-order valence-electron chi connectivity index (χ1n) is 4.88.